The molecule has 1 aromatic rings. The van der Waals surface area contributed by atoms with Crippen LogP contribution in [0.3, 0.4) is 0 Å². The normalized spacial score (nSPS) is 20.6. The SMILES string of the molecule is Nc1cc2c(cc1Cl)[C@@H](N)CCO2. The van der Waals surface area contributed by atoms with E-state index in [1.54, 1.807) is 12.1 Å². The van der Waals surface area contributed by atoms with Gasteiger partial charge in [0.25, 0.3) is 0 Å². The van der Waals surface area contributed by atoms with Crippen LogP contribution >= 0.6 is 11.6 Å². The van der Waals surface area contributed by atoms with E-state index in [1.807, 2.05) is 0 Å². The summed E-state index contributed by atoms with van der Waals surface area (Å²) in [7, 11) is 0. The van der Waals surface area contributed by atoms with Crippen molar-refractivity contribution >= 4 is 17.3 Å². The fourth-order valence-corrected chi connectivity index (χ4v) is 1.62. The number of halogens is 1. The van der Waals surface area contributed by atoms with Gasteiger partial charge in [0.1, 0.15) is 5.75 Å². The molecule has 1 aliphatic rings. The highest BCUT2D eigenvalue weighted by atomic mass is 35.5. The molecule has 0 saturated carbocycles. The second-order valence-corrected chi connectivity index (χ2v) is 3.56. The van der Waals surface area contributed by atoms with Gasteiger partial charge in [-0.05, 0) is 6.07 Å². The Kier molecular flexibility index (Phi) is 2.06. The van der Waals surface area contributed by atoms with Crippen molar-refractivity contribution in [1.29, 1.82) is 0 Å². The zero-order valence-corrected chi connectivity index (χ0v) is 7.84. The lowest BCUT2D eigenvalue weighted by molar-refractivity contribution is 0.269. The largest absolute Gasteiger partial charge is 0.493 e. The summed E-state index contributed by atoms with van der Waals surface area (Å²) in [5.41, 5.74) is 13.0. The summed E-state index contributed by atoms with van der Waals surface area (Å²) in [6, 6.07) is 3.54. The van der Waals surface area contributed by atoms with Crippen LogP contribution in [-0.4, -0.2) is 6.61 Å². The lowest BCUT2D eigenvalue weighted by atomic mass is 10.0. The maximum atomic E-state index is 5.89. The molecular weight excluding hydrogens is 188 g/mol. The molecule has 0 saturated heterocycles. The molecule has 2 rings (SSSR count). The van der Waals surface area contributed by atoms with Crippen LogP contribution in [0, 0.1) is 0 Å². The number of fused-ring (bicyclic) bond motifs is 1. The highest BCUT2D eigenvalue weighted by Gasteiger charge is 2.19. The number of anilines is 1. The number of hydrogen-bond acceptors (Lipinski definition) is 3. The molecule has 1 atom stereocenters. The minimum Gasteiger partial charge on any atom is -0.493 e. The van der Waals surface area contributed by atoms with Crippen LogP contribution in [-0.2, 0) is 0 Å². The Balaban J connectivity index is 2.52. The smallest absolute Gasteiger partial charge is 0.126 e. The van der Waals surface area contributed by atoms with Crippen LogP contribution in [0.1, 0.15) is 18.0 Å². The predicted octanol–water partition coefficient (Wildman–Crippen LogP) is 1.70. The van der Waals surface area contributed by atoms with Crippen LogP contribution in [0.5, 0.6) is 5.75 Å². The zero-order valence-electron chi connectivity index (χ0n) is 7.09. The van der Waals surface area contributed by atoms with Gasteiger partial charge >= 0.3 is 0 Å². The van der Waals surface area contributed by atoms with Crippen LogP contribution < -0.4 is 16.2 Å². The summed E-state index contributed by atoms with van der Waals surface area (Å²) in [5.74, 6) is 0.764. The molecule has 3 nitrogen and oxygen atoms in total. The molecule has 13 heavy (non-hydrogen) atoms. The van der Waals surface area contributed by atoms with Gasteiger partial charge in [-0.25, -0.2) is 0 Å². The fraction of sp³-hybridized carbons (Fsp3) is 0.333. The van der Waals surface area contributed by atoms with E-state index in [0.717, 1.165) is 17.7 Å². The number of nitrogen functional groups attached to an aromatic ring is 1. The molecule has 1 heterocycles. The van der Waals surface area contributed by atoms with Crippen molar-refractivity contribution < 1.29 is 4.74 Å². The van der Waals surface area contributed by atoms with Crippen LogP contribution in [0.25, 0.3) is 0 Å². The van der Waals surface area contributed by atoms with Crippen molar-refractivity contribution in [1.82, 2.24) is 0 Å². The second-order valence-electron chi connectivity index (χ2n) is 3.16. The zero-order chi connectivity index (χ0) is 9.42. The molecular formula is C9H11ClN2O. The highest BCUT2D eigenvalue weighted by molar-refractivity contribution is 6.33. The number of hydrogen-bond donors (Lipinski definition) is 2. The highest BCUT2D eigenvalue weighted by Crippen LogP contribution is 2.35. The fourth-order valence-electron chi connectivity index (χ4n) is 1.45. The van der Waals surface area contributed by atoms with Gasteiger partial charge in [0, 0.05) is 24.1 Å². The van der Waals surface area contributed by atoms with E-state index in [-0.39, 0.29) is 6.04 Å². The van der Waals surface area contributed by atoms with Gasteiger partial charge in [-0.1, -0.05) is 11.6 Å². The minimum atomic E-state index is 0.0156. The topological polar surface area (TPSA) is 61.3 Å². The third kappa shape index (κ3) is 1.45. The van der Waals surface area contributed by atoms with E-state index < -0.39 is 0 Å². The van der Waals surface area contributed by atoms with Gasteiger partial charge in [-0.3, -0.25) is 0 Å². The number of benzene rings is 1. The first-order valence-corrected chi connectivity index (χ1v) is 4.53. The third-order valence-electron chi connectivity index (χ3n) is 2.22. The standard InChI is InChI=1S/C9H11ClN2O/c10-6-3-5-7(11)1-2-13-9(5)4-8(6)12/h3-4,7H,1-2,11-12H2/t7-/m0/s1. The first-order valence-electron chi connectivity index (χ1n) is 4.16. The van der Waals surface area contributed by atoms with E-state index in [9.17, 15) is 0 Å². The Bertz CT molecular complexity index is 341. The maximum absolute atomic E-state index is 5.89. The number of ether oxygens (including phenoxy) is 1. The second kappa shape index (κ2) is 3.09. The maximum Gasteiger partial charge on any atom is 0.126 e. The van der Waals surface area contributed by atoms with Gasteiger partial charge in [-0.2, -0.15) is 0 Å². The molecule has 0 bridgehead atoms. The average molecular weight is 199 g/mol. The van der Waals surface area contributed by atoms with E-state index in [0.29, 0.717) is 17.3 Å². The molecule has 0 aromatic heterocycles. The number of nitrogens with two attached hydrogens (primary N) is 2. The summed E-state index contributed by atoms with van der Waals surface area (Å²) >= 11 is 5.87. The van der Waals surface area contributed by atoms with E-state index in [1.165, 1.54) is 0 Å². The van der Waals surface area contributed by atoms with Crippen molar-refractivity contribution in [3.8, 4) is 5.75 Å². The van der Waals surface area contributed by atoms with Crippen LogP contribution in [0.15, 0.2) is 12.1 Å². The molecule has 4 heteroatoms. The molecule has 1 aromatic carbocycles. The van der Waals surface area contributed by atoms with Crippen molar-refractivity contribution in [2.75, 3.05) is 12.3 Å². The molecule has 0 aliphatic carbocycles. The Morgan fingerprint density at radius 2 is 2.23 bits per heavy atom. The molecule has 0 fully saturated rings. The Hall–Kier alpha value is -0.930. The van der Waals surface area contributed by atoms with Crippen molar-refractivity contribution in [3.63, 3.8) is 0 Å². The van der Waals surface area contributed by atoms with Crippen molar-refractivity contribution in [2.24, 2.45) is 5.73 Å². The first kappa shape index (κ1) is 8.66. The quantitative estimate of drug-likeness (QED) is 0.624. The monoisotopic (exact) mass is 198 g/mol. The van der Waals surface area contributed by atoms with Crippen molar-refractivity contribution in [3.05, 3.63) is 22.7 Å². The minimum absolute atomic E-state index is 0.0156. The predicted molar refractivity (Wildman–Crippen MR) is 52.9 cm³/mol. The molecule has 0 radical (unpaired) electrons. The molecule has 4 N–H and O–H groups in total. The third-order valence-corrected chi connectivity index (χ3v) is 2.54. The summed E-state index contributed by atoms with van der Waals surface area (Å²) < 4.78 is 5.41. The molecule has 0 unspecified atom stereocenters. The summed E-state index contributed by atoms with van der Waals surface area (Å²) in [6.45, 7) is 0.648. The molecule has 1 aliphatic heterocycles. The van der Waals surface area contributed by atoms with Crippen LogP contribution in [0.4, 0.5) is 5.69 Å². The lowest BCUT2D eigenvalue weighted by Gasteiger charge is -2.23. The summed E-state index contributed by atoms with van der Waals surface area (Å²) in [6.07, 6.45) is 0.827. The van der Waals surface area contributed by atoms with Gasteiger partial charge in [0.2, 0.25) is 0 Å². The molecule has 0 amide bonds. The summed E-state index contributed by atoms with van der Waals surface area (Å²) in [4.78, 5) is 0. The van der Waals surface area contributed by atoms with Gasteiger partial charge < -0.3 is 16.2 Å². The lowest BCUT2D eigenvalue weighted by Crippen LogP contribution is -2.20. The van der Waals surface area contributed by atoms with E-state index >= 15 is 0 Å². The van der Waals surface area contributed by atoms with E-state index in [4.69, 9.17) is 27.8 Å². The Morgan fingerprint density at radius 3 is 3.00 bits per heavy atom. The van der Waals surface area contributed by atoms with Gasteiger partial charge in [-0.15, -0.1) is 0 Å². The molecule has 0 spiro atoms. The average Bonchev–Trinajstić information content (AvgIpc) is 2.09. The molecule has 70 valence electrons. The van der Waals surface area contributed by atoms with Crippen LogP contribution in [0.2, 0.25) is 5.02 Å². The summed E-state index contributed by atoms with van der Waals surface area (Å²) in [5, 5.41) is 0.541. The van der Waals surface area contributed by atoms with E-state index in [2.05, 4.69) is 0 Å². The first-order chi connectivity index (χ1) is 6.18. The Morgan fingerprint density at radius 1 is 1.46 bits per heavy atom. The number of rotatable bonds is 0. The van der Waals surface area contributed by atoms with Gasteiger partial charge in [0.05, 0.1) is 17.3 Å². The van der Waals surface area contributed by atoms with Gasteiger partial charge in [0.15, 0.2) is 0 Å². The van der Waals surface area contributed by atoms with Crippen molar-refractivity contribution in [2.45, 2.75) is 12.5 Å². The Labute approximate surface area is 81.6 Å².